The first-order chi connectivity index (χ1) is 5.90. The van der Waals surface area contributed by atoms with Gasteiger partial charge >= 0.3 is 0 Å². The summed E-state index contributed by atoms with van der Waals surface area (Å²) in [6.07, 6.45) is 3.97. The maximum Gasteiger partial charge on any atom is 0.128 e. The van der Waals surface area contributed by atoms with E-state index in [4.69, 9.17) is 0 Å². The fourth-order valence-electron chi connectivity index (χ4n) is 1.45. The fourth-order valence-corrected chi connectivity index (χ4v) is 1.45. The van der Waals surface area contributed by atoms with Gasteiger partial charge in [0.05, 0.1) is 5.69 Å². The standard InChI is InChI=1S/C9H13N3/c1-2-9-11-5-7-3-4-10-6-8(7)12-9/h5,10H,2-4,6H2,1H3. The number of nitrogens with zero attached hydrogens (tertiary/aromatic N) is 2. The Morgan fingerprint density at radius 3 is 3.33 bits per heavy atom. The third-order valence-electron chi connectivity index (χ3n) is 2.18. The molecule has 0 fully saturated rings. The molecule has 0 radical (unpaired) electrons. The fraction of sp³-hybridized carbons (Fsp3) is 0.556. The minimum atomic E-state index is 0.908. The molecule has 1 aromatic heterocycles. The molecule has 0 unspecified atom stereocenters. The Kier molecular flexibility index (Phi) is 2.04. The lowest BCUT2D eigenvalue weighted by Crippen LogP contribution is -2.25. The molecule has 1 aromatic rings. The van der Waals surface area contributed by atoms with Gasteiger partial charge in [0.1, 0.15) is 5.82 Å². The van der Waals surface area contributed by atoms with Crippen molar-refractivity contribution in [1.29, 1.82) is 0 Å². The average Bonchev–Trinajstić information content (AvgIpc) is 2.17. The molecule has 0 atom stereocenters. The van der Waals surface area contributed by atoms with Crippen LogP contribution in [0.3, 0.4) is 0 Å². The van der Waals surface area contributed by atoms with E-state index in [0.717, 1.165) is 31.8 Å². The van der Waals surface area contributed by atoms with Crippen LogP contribution in [-0.4, -0.2) is 16.5 Å². The third kappa shape index (κ3) is 1.32. The number of hydrogen-bond acceptors (Lipinski definition) is 3. The Morgan fingerprint density at radius 2 is 2.50 bits per heavy atom. The molecule has 1 aliphatic heterocycles. The quantitative estimate of drug-likeness (QED) is 0.661. The van der Waals surface area contributed by atoms with Gasteiger partial charge in [-0.1, -0.05) is 6.92 Å². The van der Waals surface area contributed by atoms with Crippen LogP contribution < -0.4 is 5.32 Å². The van der Waals surface area contributed by atoms with Crippen LogP contribution in [0.4, 0.5) is 0 Å². The molecule has 2 rings (SSSR count). The summed E-state index contributed by atoms with van der Waals surface area (Å²) in [4.78, 5) is 8.73. The van der Waals surface area contributed by atoms with Crippen molar-refractivity contribution in [3.05, 3.63) is 23.3 Å². The van der Waals surface area contributed by atoms with E-state index in [1.807, 2.05) is 6.20 Å². The minimum Gasteiger partial charge on any atom is -0.311 e. The monoisotopic (exact) mass is 163 g/mol. The van der Waals surface area contributed by atoms with Crippen LogP contribution >= 0.6 is 0 Å². The second-order valence-electron chi connectivity index (χ2n) is 3.04. The largest absolute Gasteiger partial charge is 0.311 e. The third-order valence-corrected chi connectivity index (χ3v) is 2.18. The summed E-state index contributed by atoms with van der Waals surface area (Å²) in [6, 6.07) is 0. The summed E-state index contributed by atoms with van der Waals surface area (Å²) < 4.78 is 0. The smallest absolute Gasteiger partial charge is 0.128 e. The molecule has 0 spiro atoms. The van der Waals surface area contributed by atoms with Crippen LogP contribution in [0.1, 0.15) is 24.0 Å². The van der Waals surface area contributed by atoms with Crippen molar-refractivity contribution >= 4 is 0 Å². The highest BCUT2D eigenvalue weighted by molar-refractivity contribution is 5.20. The van der Waals surface area contributed by atoms with Gasteiger partial charge in [-0.2, -0.15) is 0 Å². The summed E-state index contributed by atoms with van der Waals surface area (Å²) in [7, 11) is 0. The zero-order valence-corrected chi connectivity index (χ0v) is 7.30. The summed E-state index contributed by atoms with van der Waals surface area (Å²) >= 11 is 0. The molecule has 0 aromatic carbocycles. The molecule has 0 saturated carbocycles. The van der Waals surface area contributed by atoms with Crippen LogP contribution in [0.5, 0.6) is 0 Å². The van der Waals surface area contributed by atoms with Crippen LogP contribution in [0.2, 0.25) is 0 Å². The van der Waals surface area contributed by atoms with Crippen molar-refractivity contribution in [3.8, 4) is 0 Å². The lowest BCUT2D eigenvalue weighted by atomic mass is 10.1. The molecule has 0 saturated heterocycles. The van der Waals surface area contributed by atoms with Gasteiger partial charge in [0, 0.05) is 19.2 Å². The van der Waals surface area contributed by atoms with Gasteiger partial charge in [-0.25, -0.2) is 9.97 Å². The Balaban J connectivity index is 2.36. The van der Waals surface area contributed by atoms with Crippen molar-refractivity contribution in [2.45, 2.75) is 26.3 Å². The molecular formula is C9H13N3. The van der Waals surface area contributed by atoms with Crippen molar-refractivity contribution in [3.63, 3.8) is 0 Å². The predicted octanol–water partition coefficient (Wildman–Crippen LogP) is 0.685. The maximum absolute atomic E-state index is 4.46. The highest BCUT2D eigenvalue weighted by Gasteiger charge is 2.10. The summed E-state index contributed by atoms with van der Waals surface area (Å²) in [5, 5.41) is 3.30. The normalized spacial score (nSPS) is 15.8. The Labute approximate surface area is 72.2 Å². The van der Waals surface area contributed by atoms with Gasteiger partial charge in [0.25, 0.3) is 0 Å². The number of aryl methyl sites for hydroxylation is 1. The van der Waals surface area contributed by atoms with Crippen molar-refractivity contribution in [2.75, 3.05) is 6.54 Å². The van der Waals surface area contributed by atoms with Gasteiger partial charge in [-0.15, -0.1) is 0 Å². The predicted molar refractivity (Wildman–Crippen MR) is 46.8 cm³/mol. The second kappa shape index (κ2) is 3.19. The minimum absolute atomic E-state index is 0.908. The number of hydrogen-bond donors (Lipinski definition) is 1. The Bertz CT molecular complexity index is 283. The van der Waals surface area contributed by atoms with E-state index in [-0.39, 0.29) is 0 Å². The number of rotatable bonds is 1. The van der Waals surface area contributed by atoms with E-state index in [2.05, 4.69) is 22.2 Å². The lowest BCUT2D eigenvalue weighted by molar-refractivity contribution is 0.617. The highest BCUT2D eigenvalue weighted by atomic mass is 14.9. The van der Waals surface area contributed by atoms with E-state index < -0.39 is 0 Å². The summed E-state index contributed by atoms with van der Waals surface area (Å²) in [6.45, 7) is 4.05. The van der Waals surface area contributed by atoms with Gasteiger partial charge in [0.2, 0.25) is 0 Å². The van der Waals surface area contributed by atoms with Crippen LogP contribution in [-0.2, 0) is 19.4 Å². The van der Waals surface area contributed by atoms with Gasteiger partial charge in [-0.3, -0.25) is 0 Å². The molecular weight excluding hydrogens is 150 g/mol. The number of aromatic nitrogens is 2. The van der Waals surface area contributed by atoms with Crippen LogP contribution in [0, 0.1) is 0 Å². The highest BCUT2D eigenvalue weighted by Crippen LogP contribution is 2.09. The molecule has 0 amide bonds. The lowest BCUT2D eigenvalue weighted by Gasteiger charge is -2.15. The molecule has 2 heterocycles. The second-order valence-corrected chi connectivity index (χ2v) is 3.04. The maximum atomic E-state index is 4.46. The van der Waals surface area contributed by atoms with E-state index in [1.54, 1.807) is 0 Å². The SMILES string of the molecule is CCc1ncc2c(n1)CNCC2. The molecule has 12 heavy (non-hydrogen) atoms. The van der Waals surface area contributed by atoms with Crippen molar-refractivity contribution < 1.29 is 0 Å². The van der Waals surface area contributed by atoms with Gasteiger partial charge in [-0.05, 0) is 18.5 Å². The van der Waals surface area contributed by atoms with Crippen LogP contribution in [0.15, 0.2) is 6.20 Å². The zero-order valence-electron chi connectivity index (χ0n) is 7.30. The zero-order chi connectivity index (χ0) is 8.39. The van der Waals surface area contributed by atoms with E-state index >= 15 is 0 Å². The molecule has 3 nitrogen and oxygen atoms in total. The molecule has 1 aliphatic rings. The molecule has 0 bridgehead atoms. The van der Waals surface area contributed by atoms with Crippen molar-refractivity contribution in [1.82, 2.24) is 15.3 Å². The summed E-state index contributed by atoms with van der Waals surface area (Å²) in [5.74, 6) is 0.956. The van der Waals surface area contributed by atoms with E-state index in [9.17, 15) is 0 Å². The first-order valence-electron chi connectivity index (χ1n) is 4.44. The van der Waals surface area contributed by atoms with Gasteiger partial charge in [0.15, 0.2) is 0 Å². The molecule has 64 valence electrons. The Morgan fingerprint density at radius 1 is 1.58 bits per heavy atom. The molecule has 1 N–H and O–H groups in total. The first-order valence-corrected chi connectivity index (χ1v) is 4.44. The Hall–Kier alpha value is -0.960. The molecule has 0 aliphatic carbocycles. The average molecular weight is 163 g/mol. The number of fused-ring (bicyclic) bond motifs is 1. The summed E-state index contributed by atoms with van der Waals surface area (Å²) in [5.41, 5.74) is 2.50. The number of nitrogens with one attached hydrogen (secondary N) is 1. The molecule has 3 heteroatoms. The van der Waals surface area contributed by atoms with E-state index in [0.29, 0.717) is 0 Å². The van der Waals surface area contributed by atoms with Gasteiger partial charge < -0.3 is 5.32 Å². The van der Waals surface area contributed by atoms with Crippen molar-refractivity contribution in [2.24, 2.45) is 0 Å². The van der Waals surface area contributed by atoms with Crippen LogP contribution in [0.25, 0.3) is 0 Å². The van der Waals surface area contributed by atoms with E-state index in [1.165, 1.54) is 11.3 Å². The topological polar surface area (TPSA) is 37.8 Å². The first kappa shape index (κ1) is 7.68.